The fourth-order valence-corrected chi connectivity index (χ4v) is 3.95. The summed E-state index contributed by atoms with van der Waals surface area (Å²) in [6.07, 6.45) is 1.72. The van der Waals surface area contributed by atoms with E-state index in [0.29, 0.717) is 11.8 Å². The van der Waals surface area contributed by atoms with E-state index >= 15 is 0 Å². The first-order valence-corrected chi connectivity index (χ1v) is 9.63. The summed E-state index contributed by atoms with van der Waals surface area (Å²) in [4.78, 5) is 17.5. The van der Waals surface area contributed by atoms with Crippen LogP contribution in [0.25, 0.3) is 20.4 Å². The highest BCUT2D eigenvalue weighted by Gasteiger charge is 2.04. The molecule has 2 N–H and O–H groups in total. The van der Waals surface area contributed by atoms with Crippen LogP contribution in [0.5, 0.6) is 0 Å². The zero-order valence-corrected chi connectivity index (χ0v) is 15.0. The number of aromatic nitrogens is 4. The van der Waals surface area contributed by atoms with Gasteiger partial charge in [-0.25, -0.2) is 15.0 Å². The van der Waals surface area contributed by atoms with Crippen LogP contribution in [0.3, 0.4) is 0 Å². The molecule has 5 aromatic rings. The van der Waals surface area contributed by atoms with Crippen LogP contribution in [0.15, 0.2) is 59.7 Å². The molecule has 0 aliphatic rings. The summed E-state index contributed by atoms with van der Waals surface area (Å²) >= 11 is 3.25. The Morgan fingerprint density at radius 3 is 2.04 bits per heavy atom. The normalized spacial score (nSPS) is 11.1. The summed E-state index contributed by atoms with van der Waals surface area (Å²) in [5, 5.41) is 6.53. The molecule has 0 atom stereocenters. The van der Waals surface area contributed by atoms with Crippen molar-refractivity contribution in [3.63, 3.8) is 0 Å². The van der Waals surface area contributed by atoms with E-state index in [9.17, 15) is 0 Å². The monoisotopic (exact) mass is 376 g/mol. The van der Waals surface area contributed by atoms with E-state index in [0.717, 1.165) is 31.8 Å². The molecule has 2 aromatic carbocycles. The van der Waals surface area contributed by atoms with Crippen LogP contribution < -0.4 is 10.6 Å². The number of hydrogen-bond donors (Lipinski definition) is 2. The minimum atomic E-state index is 0.527. The molecule has 0 aliphatic carbocycles. The van der Waals surface area contributed by atoms with Gasteiger partial charge in [0.15, 0.2) is 0 Å². The molecule has 26 heavy (non-hydrogen) atoms. The molecule has 126 valence electrons. The Labute approximate surface area is 156 Å². The van der Waals surface area contributed by atoms with Crippen molar-refractivity contribution in [2.45, 2.75) is 0 Å². The van der Waals surface area contributed by atoms with Gasteiger partial charge in [0.05, 0.1) is 31.5 Å². The van der Waals surface area contributed by atoms with Gasteiger partial charge < -0.3 is 10.6 Å². The lowest BCUT2D eigenvalue weighted by molar-refractivity contribution is 1.17. The molecule has 0 fully saturated rings. The minimum Gasteiger partial charge on any atom is -0.340 e. The van der Waals surface area contributed by atoms with Crippen molar-refractivity contribution in [2.75, 3.05) is 10.6 Å². The van der Waals surface area contributed by atoms with Crippen LogP contribution in [0.4, 0.5) is 23.1 Å². The molecule has 0 saturated heterocycles. The molecule has 0 spiro atoms. The second-order valence-corrected chi connectivity index (χ2v) is 7.36. The van der Waals surface area contributed by atoms with Gasteiger partial charge in [0.1, 0.15) is 5.82 Å². The van der Waals surface area contributed by atoms with Crippen LogP contribution in [0.1, 0.15) is 0 Å². The van der Waals surface area contributed by atoms with Crippen molar-refractivity contribution in [2.24, 2.45) is 0 Å². The van der Waals surface area contributed by atoms with Crippen LogP contribution in [0, 0.1) is 0 Å². The first kappa shape index (κ1) is 15.2. The Bertz CT molecular complexity index is 1120. The van der Waals surface area contributed by atoms with Crippen molar-refractivity contribution >= 4 is 66.2 Å². The number of fused-ring (bicyclic) bond motifs is 2. The molecular formula is C18H12N6S2. The predicted octanol–water partition coefficient (Wildman–Crippen LogP) is 5.18. The van der Waals surface area contributed by atoms with E-state index in [4.69, 9.17) is 0 Å². The summed E-state index contributed by atoms with van der Waals surface area (Å²) in [7, 11) is 0. The highest BCUT2D eigenvalue weighted by atomic mass is 32.1. The molecule has 0 radical (unpaired) electrons. The third-order valence-corrected chi connectivity index (χ3v) is 5.46. The van der Waals surface area contributed by atoms with Gasteiger partial charge in [-0.15, -0.1) is 22.7 Å². The average Bonchev–Trinajstić information content (AvgIpc) is 3.30. The van der Waals surface area contributed by atoms with Gasteiger partial charge in [-0.2, -0.15) is 4.98 Å². The van der Waals surface area contributed by atoms with E-state index < -0.39 is 0 Å². The maximum absolute atomic E-state index is 4.53. The van der Waals surface area contributed by atoms with Crippen LogP contribution >= 0.6 is 22.7 Å². The molecule has 3 aromatic heterocycles. The number of nitrogens with zero attached hydrogens (tertiary/aromatic N) is 4. The Morgan fingerprint density at radius 1 is 0.692 bits per heavy atom. The Morgan fingerprint density at radius 2 is 1.35 bits per heavy atom. The van der Waals surface area contributed by atoms with Gasteiger partial charge in [0.2, 0.25) is 5.95 Å². The maximum Gasteiger partial charge on any atom is 0.229 e. The zero-order valence-electron chi connectivity index (χ0n) is 13.4. The number of thiazole rings is 2. The fraction of sp³-hybridized carbons (Fsp3) is 0. The zero-order chi connectivity index (χ0) is 17.3. The summed E-state index contributed by atoms with van der Waals surface area (Å²) < 4.78 is 2.32. The molecule has 8 heteroatoms. The maximum atomic E-state index is 4.53. The molecule has 3 heterocycles. The lowest BCUT2D eigenvalue weighted by Crippen LogP contribution is -2.00. The van der Waals surface area contributed by atoms with Gasteiger partial charge >= 0.3 is 0 Å². The van der Waals surface area contributed by atoms with Gasteiger partial charge in [0.25, 0.3) is 0 Å². The number of benzene rings is 2. The minimum absolute atomic E-state index is 0.527. The van der Waals surface area contributed by atoms with Gasteiger partial charge in [-0.3, -0.25) is 0 Å². The summed E-state index contributed by atoms with van der Waals surface area (Å²) in [6, 6.07) is 14.0. The van der Waals surface area contributed by atoms with Crippen molar-refractivity contribution in [1.29, 1.82) is 0 Å². The van der Waals surface area contributed by atoms with Crippen molar-refractivity contribution in [3.05, 3.63) is 59.7 Å². The predicted molar refractivity (Wildman–Crippen MR) is 108 cm³/mol. The first-order chi connectivity index (χ1) is 12.8. The molecule has 6 nitrogen and oxygen atoms in total. The van der Waals surface area contributed by atoms with Crippen LogP contribution in [0.2, 0.25) is 0 Å². The van der Waals surface area contributed by atoms with Crippen molar-refractivity contribution in [3.8, 4) is 0 Å². The largest absolute Gasteiger partial charge is 0.340 e. The molecule has 0 amide bonds. The second-order valence-electron chi connectivity index (χ2n) is 5.59. The molecule has 0 bridgehead atoms. The molecule has 0 saturated carbocycles. The lowest BCUT2D eigenvalue weighted by atomic mass is 10.3. The molecule has 0 unspecified atom stereocenters. The highest BCUT2D eigenvalue weighted by molar-refractivity contribution is 7.17. The van der Waals surface area contributed by atoms with E-state index in [1.807, 2.05) is 47.4 Å². The number of hydrogen-bond acceptors (Lipinski definition) is 8. The first-order valence-electron chi connectivity index (χ1n) is 7.87. The second kappa shape index (κ2) is 6.32. The standard InChI is InChI=1S/C18H12N6S2/c1-3-15-13(20-9-25-15)7-11(1)22-17-5-6-19-18(24-17)23-12-2-4-16-14(8-12)21-10-26-16/h1-10H,(H2,19,22,23,24). The van der Waals surface area contributed by atoms with Crippen molar-refractivity contribution < 1.29 is 0 Å². The van der Waals surface area contributed by atoms with Gasteiger partial charge in [-0.05, 0) is 42.5 Å². The summed E-state index contributed by atoms with van der Waals surface area (Å²) in [6.45, 7) is 0. The number of nitrogens with one attached hydrogen (secondary N) is 2. The third kappa shape index (κ3) is 2.96. The third-order valence-electron chi connectivity index (χ3n) is 3.84. The van der Waals surface area contributed by atoms with Gasteiger partial charge in [0, 0.05) is 17.6 Å². The fourth-order valence-electron chi connectivity index (χ4n) is 2.64. The van der Waals surface area contributed by atoms with Crippen LogP contribution in [-0.4, -0.2) is 19.9 Å². The van der Waals surface area contributed by atoms with Crippen LogP contribution in [-0.2, 0) is 0 Å². The van der Waals surface area contributed by atoms with E-state index in [1.54, 1.807) is 28.9 Å². The number of rotatable bonds is 4. The van der Waals surface area contributed by atoms with Crippen molar-refractivity contribution in [1.82, 2.24) is 19.9 Å². The molecular weight excluding hydrogens is 364 g/mol. The smallest absolute Gasteiger partial charge is 0.229 e. The van der Waals surface area contributed by atoms with E-state index in [1.165, 1.54) is 0 Å². The Kier molecular flexibility index (Phi) is 3.69. The average molecular weight is 376 g/mol. The number of anilines is 4. The van der Waals surface area contributed by atoms with E-state index in [2.05, 4.69) is 36.6 Å². The Balaban J connectivity index is 1.39. The summed E-state index contributed by atoms with van der Waals surface area (Å²) in [5.41, 5.74) is 7.48. The lowest BCUT2D eigenvalue weighted by Gasteiger charge is -2.08. The highest BCUT2D eigenvalue weighted by Crippen LogP contribution is 2.25. The molecule has 0 aliphatic heterocycles. The summed E-state index contributed by atoms with van der Waals surface area (Å²) in [5.74, 6) is 1.24. The SMILES string of the molecule is c1cc(Nc2ccc3scnc3c2)nc(Nc2ccc3scnc3c2)n1. The topological polar surface area (TPSA) is 75.6 Å². The van der Waals surface area contributed by atoms with Gasteiger partial charge in [-0.1, -0.05) is 0 Å². The molecule has 5 rings (SSSR count). The Hall–Kier alpha value is -3.10. The van der Waals surface area contributed by atoms with E-state index in [-0.39, 0.29) is 0 Å². The quantitative estimate of drug-likeness (QED) is 0.450.